The molecule has 1 aromatic heterocycles. The maximum absolute atomic E-state index is 12.2. The number of aromatic nitrogens is 1. The standard InChI is InChI=1S/C18H23BrN4O/c1-13-11-14(19)5-6-16(13)22-15-7-9-20-17(12-15)18(24)21-8-4-10-23(2)3/h5-7,9,11-12H,4,8,10H2,1-3H3,(H,20,22)(H,21,24). The number of rotatable bonds is 7. The molecule has 0 bridgehead atoms. The number of hydrogen-bond acceptors (Lipinski definition) is 4. The van der Waals surface area contributed by atoms with Gasteiger partial charge in [0, 0.05) is 28.6 Å². The van der Waals surface area contributed by atoms with E-state index in [2.05, 4.69) is 36.4 Å². The van der Waals surface area contributed by atoms with Crippen LogP contribution in [0, 0.1) is 6.92 Å². The molecule has 1 amide bonds. The van der Waals surface area contributed by atoms with Gasteiger partial charge in [-0.3, -0.25) is 9.78 Å². The van der Waals surface area contributed by atoms with E-state index in [0.717, 1.165) is 34.4 Å². The Labute approximate surface area is 151 Å². The largest absolute Gasteiger partial charge is 0.355 e. The summed E-state index contributed by atoms with van der Waals surface area (Å²) >= 11 is 3.46. The molecule has 2 rings (SSSR count). The zero-order chi connectivity index (χ0) is 17.5. The van der Waals surface area contributed by atoms with Crippen molar-refractivity contribution in [3.8, 4) is 0 Å². The molecule has 0 saturated heterocycles. The van der Waals surface area contributed by atoms with Gasteiger partial charge in [-0.25, -0.2) is 0 Å². The molecular formula is C18H23BrN4O. The van der Waals surface area contributed by atoms with E-state index in [1.54, 1.807) is 12.3 Å². The molecule has 0 aliphatic rings. The van der Waals surface area contributed by atoms with Crippen LogP contribution in [0.5, 0.6) is 0 Å². The summed E-state index contributed by atoms with van der Waals surface area (Å²) in [6.07, 6.45) is 2.56. The third-order valence-corrected chi connectivity index (χ3v) is 4.02. The Morgan fingerprint density at radius 3 is 2.75 bits per heavy atom. The fourth-order valence-electron chi connectivity index (χ4n) is 2.24. The van der Waals surface area contributed by atoms with Crippen molar-refractivity contribution < 1.29 is 4.79 Å². The number of amides is 1. The highest BCUT2D eigenvalue weighted by molar-refractivity contribution is 9.10. The van der Waals surface area contributed by atoms with Gasteiger partial charge in [0.15, 0.2) is 0 Å². The summed E-state index contributed by atoms with van der Waals surface area (Å²) in [4.78, 5) is 18.4. The smallest absolute Gasteiger partial charge is 0.269 e. The number of pyridine rings is 1. The van der Waals surface area contributed by atoms with Crippen LogP contribution in [0.4, 0.5) is 11.4 Å². The first-order valence-corrected chi connectivity index (χ1v) is 8.67. The molecule has 1 heterocycles. The van der Waals surface area contributed by atoms with Crippen molar-refractivity contribution in [2.45, 2.75) is 13.3 Å². The first-order valence-electron chi connectivity index (χ1n) is 7.88. The molecule has 1 aromatic carbocycles. The third kappa shape index (κ3) is 5.62. The Kier molecular flexibility index (Phi) is 6.75. The van der Waals surface area contributed by atoms with Crippen molar-refractivity contribution in [3.05, 3.63) is 52.3 Å². The van der Waals surface area contributed by atoms with E-state index in [1.165, 1.54) is 0 Å². The summed E-state index contributed by atoms with van der Waals surface area (Å²) in [7, 11) is 4.03. The number of benzene rings is 1. The van der Waals surface area contributed by atoms with Crippen molar-refractivity contribution in [3.63, 3.8) is 0 Å². The van der Waals surface area contributed by atoms with Crippen LogP contribution in [0.3, 0.4) is 0 Å². The Morgan fingerprint density at radius 2 is 2.04 bits per heavy atom. The second-order valence-corrected chi connectivity index (χ2v) is 6.84. The summed E-state index contributed by atoms with van der Waals surface area (Å²) in [5.74, 6) is -0.148. The van der Waals surface area contributed by atoms with E-state index < -0.39 is 0 Å². The summed E-state index contributed by atoms with van der Waals surface area (Å²) in [6, 6.07) is 9.64. The molecule has 0 spiro atoms. The molecular weight excluding hydrogens is 368 g/mol. The van der Waals surface area contributed by atoms with Gasteiger partial charge >= 0.3 is 0 Å². The van der Waals surface area contributed by atoms with E-state index in [1.807, 2.05) is 45.3 Å². The van der Waals surface area contributed by atoms with E-state index >= 15 is 0 Å². The lowest BCUT2D eigenvalue weighted by Gasteiger charge is -2.12. The van der Waals surface area contributed by atoms with Gasteiger partial charge < -0.3 is 15.5 Å². The highest BCUT2D eigenvalue weighted by Crippen LogP contribution is 2.23. The fraction of sp³-hybridized carbons (Fsp3) is 0.333. The van der Waals surface area contributed by atoms with Crippen molar-refractivity contribution in [2.75, 3.05) is 32.5 Å². The normalized spacial score (nSPS) is 10.7. The highest BCUT2D eigenvalue weighted by atomic mass is 79.9. The minimum absolute atomic E-state index is 0.148. The maximum Gasteiger partial charge on any atom is 0.269 e. The molecule has 0 saturated carbocycles. The van der Waals surface area contributed by atoms with Crippen molar-refractivity contribution >= 4 is 33.2 Å². The van der Waals surface area contributed by atoms with E-state index in [0.29, 0.717) is 12.2 Å². The molecule has 0 atom stereocenters. The van der Waals surface area contributed by atoms with Crippen LogP contribution in [0.25, 0.3) is 0 Å². The first kappa shape index (κ1) is 18.4. The first-order chi connectivity index (χ1) is 11.5. The monoisotopic (exact) mass is 390 g/mol. The van der Waals surface area contributed by atoms with Gasteiger partial charge in [-0.2, -0.15) is 0 Å². The van der Waals surface area contributed by atoms with Crippen LogP contribution in [-0.2, 0) is 0 Å². The fourth-order valence-corrected chi connectivity index (χ4v) is 2.72. The van der Waals surface area contributed by atoms with Gasteiger partial charge in [-0.15, -0.1) is 0 Å². The van der Waals surface area contributed by atoms with Crippen LogP contribution in [0.1, 0.15) is 22.5 Å². The molecule has 0 radical (unpaired) electrons. The number of hydrogen-bond donors (Lipinski definition) is 2. The van der Waals surface area contributed by atoms with Crippen LogP contribution < -0.4 is 10.6 Å². The Hall–Kier alpha value is -1.92. The summed E-state index contributed by atoms with van der Waals surface area (Å²) < 4.78 is 1.04. The second-order valence-electron chi connectivity index (χ2n) is 5.93. The lowest BCUT2D eigenvalue weighted by Crippen LogP contribution is -2.27. The molecule has 0 aliphatic heterocycles. The van der Waals surface area contributed by atoms with Crippen LogP contribution in [0.2, 0.25) is 0 Å². The average Bonchev–Trinajstić information content (AvgIpc) is 2.54. The number of halogens is 1. The summed E-state index contributed by atoms with van der Waals surface area (Å²) in [5.41, 5.74) is 3.38. The lowest BCUT2D eigenvalue weighted by atomic mass is 10.2. The highest BCUT2D eigenvalue weighted by Gasteiger charge is 2.08. The lowest BCUT2D eigenvalue weighted by molar-refractivity contribution is 0.0947. The van der Waals surface area contributed by atoms with Crippen LogP contribution in [0.15, 0.2) is 41.0 Å². The zero-order valence-electron chi connectivity index (χ0n) is 14.3. The van der Waals surface area contributed by atoms with E-state index in [-0.39, 0.29) is 5.91 Å². The molecule has 2 N–H and O–H groups in total. The number of aryl methyl sites for hydroxylation is 1. The number of carbonyl (C=O) groups excluding carboxylic acids is 1. The number of carbonyl (C=O) groups is 1. The number of nitrogens with one attached hydrogen (secondary N) is 2. The number of nitrogens with zero attached hydrogens (tertiary/aromatic N) is 2. The van der Waals surface area contributed by atoms with Crippen molar-refractivity contribution in [1.29, 1.82) is 0 Å². The van der Waals surface area contributed by atoms with Gasteiger partial charge in [0.1, 0.15) is 5.69 Å². The second kappa shape index (κ2) is 8.80. The summed E-state index contributed by atoms with van der Waals surface area (Å²) in [5, 5.41) is 6.23. The van der Waals surface area contributed by atoms with Crippen molar-refractivity contribution in [1.82, 2.24) is 15.2 Å². The van der Waals surface area contributed by atoms with Crippen LogP contribution in [-0.4, -0.2) is 43.0 Å². The SMILES string of the molecule is Cc1cc(Br)ccc1Nc1ccnc(C(=O)NCCCN(C)C)c1. The number of anilines is 2. The molecule has 24 heavy (non-hydrogen) atoms. The molecule has 0 unspecified atom stereocenters. The average molecular weight is 391 g/mol. The van der Waals surface area contributed by atoms with Gasteiger partial charge in [-0.1, -0.05) is 15.9 Å². The Morgan fingerprint density at radius 1 is 1.25 bits per heavy atom. The molecule has 0 aliphatic carbocycles. The molecule has 0 fully saturated rings. The van der Waals surface area contributed by atoms with Crippen LogP contribution >= 0.6 is 15.9 Å². The molecule has 128 valence electrons. The van der Waals surface area contributed by atoms with Gasteiger partial charge in [0.05, 0.1) is 0 Å². The summed E-state index contributed by atoms with van der Waals surface area (Å²) in [6.45, 7) is 3.62. The van der Waals surface area contributed by atoms with Gasteiger partial charge in [-0.05, 0) is 69.9 Å². The quantitative estimate of drug-likeness (QED) is 0.709. The Bertz CT molecular complexity index is 703. The Balaban J connectivity index is 1.99. The van der Waals surface area contributed by atoms with E-state index in [4.69, 9.17) is 0 Å². The maximum atomic E-state index is 12.2. The van der Waals surface area contributed by atoms with Gasteiger partial charge in [0.25, 0.3) is 5.91 Å². The minimum atomic E-state index is -0.148. The predicted octanol–water partition coefficient (Wildman–Crippen LogP) is 3.58. The zero-order valence-corrected chi connectivity index (χ0v) is 15.9. The topological polar surface area (TPSA) is 57.3 Å². The third-order valence-electron chi connectivity index (χ3n) is 3.53. The molecule has 2 aromatic rings. The minimum Gasteiger partial charge on any atom is -0.355 e. The molecule has 6 heteroatoms. The molecule has 5 nitrogen and oxygen atoms in total. The van der Waals surface area contributed by atoms with Gasteiger partial charge in [0.2, 0.25) is 0 Å². The van der Waals surface area contributed by atoms with E-state index in [9.17, 15) is 4.79 Å². The predicted molar refractivity (Wildman–Crippen MR) is 102 cm³/mol. The van der Waals surface area contributed by atoms with Crippen molar-refractivity contribution in [2.24, 2.45) is 0 Å².